The molecule has 25 heavy (non-hydrogen) atoms. The van der Waals surface area contributed by atoms with Gasteiger partial charge in [0.15, 0.2) is 11.5 Å². The van der Waals surface area contributed by atoms with Gasteiger partial charge in [-0.3, -0.25) is 14.5 Å². The van der Waals surface area contributed by atoms with Crippen molar-refractivity contribution in [2.75, 3.05) is 26.4 Å². The lowest BCUT2D eigenvalue weighted by atomic mass is 9.87. The first-order valence-corrected chi connectivity index (χ1v) is 8.37. The van der Waals surface area contributed by atoms with Crippen LogP contribution in [0.25, 0.3) is 0 Å². The topological polar surface area (TPSA) is 88.2 Å². The van der Waals surface area contributed by atoms with E-state index < -0.39 is 5.54 Å². The molecule has 2 fully saturated rings. The van der Waals surface area contributed by atoms with Crippen molar-refractivity contribution in [2.24, 2.45) is 0 Å². The lowest BCUT2D eigenvalue weighted by Crippen LogP contribution is -2.55. The molecule has 0 atom stereocenters. The predicted octanol–water partition coefficient (Wildman–Crippen LogP) is 0.962. The Morgan fingerprint density at radius 1 is 1.20 bits per heavy atom. The van der Waals surface area contributed by atoms with Crippen LogP contribution in [-0.4, -0.2) is 59.6 Å². The maximum absolute atomic E-state index is 12.7. The molecule has 4 amide bonds. The molecule has 0 aliphatic carbocycles. The maximum atomic E-state index is 12.7. The molecule has 0 aromatic heterocycles. The Kier molecular flexibility index (Phi) is 3.55. The number of likely N-dealkylation sites (N-methyl/N-ethyl adjacent to an activating group) is 1. The average molecular weight is 345 g/mol. The van der Waals surface area contributed by atoms with Gasteiger partial charge in [-0.1, -0.05) is 0 Å². The number of imide groups is 1. The summed E-state index contributed by atoms with van der Waals surface area (Å²) >= 11 is 0. The molecule has 0 saturated carbocycles. The monoisotopic (exact) mass is 345 g/mol. The minimum absolute atomic E-state index is 0.114. The van der Waals surface area contributed by atoms with Gasteiger partial charge in [0.1, 0.15) is 5.54 Å². The predicted molar refractivity (Wildman–Crippen MR) is 86.4 cm³/mol. The fraction of sp³-hybridized carbons (Fsp3) is 0.471. The number of urea groups is 1. The first-order valence-electron chi connectivity index (χ1n) is 8.37. The summed E-state index contributed by atoms with van der Waals surface area (Å²) in [7, 11) is 0. The molecule has 8 nitrogen and oxygen atoms in total. The molecular formula is C17H19N3O5. The van der Waals surface area contributed by atoms with Crippen LogP contribution in [0.1, 0.15) is 30.1 Å². The standard InChI is InChI=1S/C17H19N3O5/c1-2-20-15(22)17(18-16(20)23)5-7-19(8-6-17)14(21)11-3-4-12-13(9-11)25-10-24-12/h3-4,9H,2,5-8,10H2,1H3,(H,18,23). The third-order valence-corrected chi connectivity index (χ3v) is 5.09. The Morgan fingerprint density at radius 2 is 1.92 bits per heavy atom. The second-order valence-corrected chi connectivity index (χ2v) is 6.42. The molecule has 0 bridgehead atoms. The van der Waals surface area contributed by atoms with E-state index in [1.54, 1.807) is 30.0 Å². The van der Waals surface area contributed by atoms with Crippen LogP contribution in [0.4, 0.5) is 4.79 Å². The van der Waals surface area contributed by atoms with Crippen LogP contribution in [0.2, 0.25) is 0 Å². The molecule has 1 N–H and O–H groups in total. The van der Waals surface area contributed by atoms with E-state index in [0.717, 1.165) is 0 Å². The third-order valence-electron chi connectivity index (χ3n) is 5.09. The molecule has 8 heteroatoms. The number of amides is 4. The Bertz CT molecular complexity index is 755. The van der Waals surface area contributed by atoms with Crippen LogP contribution in [-0.2, 0) is 4.79 Å². The first-order chi connectivity index (χ1) is 12.0. The summed E-state index contributed by atoms with van der Waals surface area (Å²) in [6.45, 7) is 3.11. The number of ether oxygens (including phenoxy) is 2. The molecule has 132 valence electrons. The lowest BCUT2D eigenvalue weighted by molar-refractivity contribution is -0.132. The van der Waals surface area contributed by atoms with Gasteiger partial charge in [0, 0.05) is 25.2 Å². The highest BCUT2D eigenvalue weighted by molar-refractivity contribution is 6.07. The van der Waals surface area contributed by atoms with E-state index in [2.05, 4.69) is 5.32 Å². The Balaban J connectivity index is 1.46. The summed E-state index contributed by atoms with van der Waals surface area (Å²) in [6, 6.07) is 4.77. The van der Waals surface area contributed by atoms with E-state index in [4.69, 9.17) is 9.47 Å². The van der Waals surface area contributed by atoms with E-state index >= 15 is 0 Å². The largest absolute Gasteiger partial charge is 0.454 e. The van der Waals surface area contributed by atoms with Crippen molar-refractivity contribution in [1.29, 1.82) is 0 Å². The van der Waals surface area contributed by atoms with E-state index in [9.17, 15) is 14.4 Å². The van der Waals surface area contributed by atoms with Gasteiger partial charge in [0.2, 0.25) is 6.79 Å². The second-order valence-electron chi connectivity index (χ2n) is 6.42. The summed E-state index contributed by atoms with van der Waals surface area (Å²) in [4.78, 5) is 40.1. The van der Waals surface area contributed by atoms with Gasteiger partial charge in [-0.05, 0) is 38.0 Å². The number of carbonyl (C=O) groups excluding carboxylic acids is 3. The number of hydrogen-bond donors (Lipinski definition) is 1. The maximum Gasteiger partial charge on any atom is 0.325 e. The number of piperidine rings is 1. The van der Waals surface area contributed by atoms with Gasteiger partial charge in [-0.2, -0.15) is 0 Å². The lowest BCUT2D eigenvalue weighted by Gasteiger charge is -2.37. The Labute approximate surface area is 144 Å². The van der Waals surface area contributed by atoms with Crippen LogP contribution in [0, 0.1) is 0 Å². The normalized spacial score (nSPS) is 21.0. The number of carbonyl (C=O) groups is 3. The summed E-state index contributed by atoms with van der Waals surface area (Å²) in [5.74, 6) is 0.900. The minimum atomic E-state index is -0.862. The second kappa shape index (κ2) is 5.65. The molecular weight excluding hydrogens is 326 g/mol. The Morgan fingerprint density at radius 3 is 2.60 bits per heavy atom. The van der Waals surface area contributed by atoms with E-state index in [0.29, 0.717) is 49.5 Å². The van der Waals surface area contributed by atoms with Gasteiger partial charge in [0.25, 0.3) is 11.8 Å². The first kappa shape index (κ1) is 15.7. The highest BCUT2D eigenvalue weighted by Gasteiger charge is 2.52. The minimum Gasteiger partial charge on any atom is -0.454 e. The van der Waals surface area contributed by atoms with Crippen molar-refractivity contribution in [1.82, 2.24) is 15.1 Å². The number of fused-ring (bicyclic) bond motifs is 1. The van der Waals surface area contributed by atoms with Crippen molar-refractivity contribution >= 4 is 17.8 Å². The Hall–Kier alpha value is -2.77. The van der Waals surface area contributed by atoms with E-state index in [-0.39, 0.29) is 24.6 Å². The zero-order chi connectivity index (χ0) is 17.6. The number of likely N-dealkylation sites (tertiary alicyclic amines) is 1. The number of rotatable bonds is 2. The summed E-state index contributed by atoms with van der Waals surface area (Å²) < 4.78 is 10.6. The van der Waals surface area contributed by atoms with Crippen molar-refractivity contribution in [3.8, 4) is 11.5 Å². The molecule has 2 saturated heterocycles. The number of benzene rings is 1. The summed E-state index contributed by atoms with van der Waals surface area (Å²) in [5.41, 5.74) is -0.337. The van der Waals surface area contributed by atoms with Gasteiger partial charge >= 0.3 is 6.03 Å². The van der Waals surface area contributed by atoms with Crippen LogP contribution < -0.4 is 14.8 Å². The zero-order valence-corrected chi connectivity index (χ0v) is 13.9. The highest BCUT2D eigenvalue weighted by atomic mass is 16.7. The molecule has 4 rings (SSSR count). The number of hydrogen-bond acceptors (Lipinski definition) is 5. The van der Waals surface area contributed by atoms with Crippen LogP contribution in [0.3, 0.4) is 0 Å². The van der Waals surface area contributed by atoms with Gasteiger partial charge in [-0.25, -0.2) is 4.79 Å². The van der Waals surface area contributed by atoms with Crippen LogP contribution in [0.15, 0.2) is 18.2 Å². The zero-order valence-electron chi connectivity index (χ0n) is 13.9. The average Bonchev–Trinajstić information content (AvgIpc) is 3.17. The smallest absolute Gasteiger partial charge is 0.325 e. The fourth-order valence-corrected chi connectivity index (χ4v) is 3.61. The quantitative estimate of drug-likeness (QED) is 0.807. The van der Waals surface area contributed by atoms with E-state index in [1.165, 1.54) is 4.90 Å². The van der Waals surface area contributed by atoms with Crippen molar-refractivity contribution in [2.45, 2.75) is 25.3 Å². The SMILES string of the molecule is CCN1C(=O)NC2(CCN(C(=O)c3ccc4c(c3)OCO4)CC2)C1=O. The van der Waals surface area contributed by atoms with Crippen molar-refractivity contribution < 1.29 is 23.9 Å². The van der Waals surface area contributed by atoms with Crippen molar-refractivity contribution in [3.63, 3.8) is 0 Å². The fourth-order valence-electron chi connectivity index (χ4n) is 3.61. The molecule has 3 aliphatic rings. The molecule has 0 radical (unpaired) electrons. The summed E-state index contributed by atoms with van der Waals surface area (Å²) in [6.07, 6.45) is 0.842. The molecule has 1 aromatic rings. The van der Waals surface area contributed by atoms with Crippen LogP contribution in [0.5, 0.6) is 11.5 Å². The third kappa shape index (κ3) is 2.40. The van der Waals surface area contributed by atoms with Gasteiger partial charge in [0.05, 0.1) is 0 Å². The van der Waals surface area contributed by atoms with Crippen molar-refractivity contribution in [3.05, 3.63) is 23.8 Å². The molecule has 3 aliphatic heterocycles. The molecule has 3 heterocycles. The molecule has 1 spiro atoms. The molecule has 0 unspecified atom stereocenters. The van der Waals surface area contributed by atoms with Crippen LogP contribution >= 0.6 is 0 Å². The number of nitrogens with zero attached hydrogens (tertiary/aromatic N) is 2. The van der Waals surface area contributed by atoms with Gasteiger partial charge < -0.3 is 19.7 Å². The van der Waals surface area contributed by atoms with Gasteiger partial charge in [-0.15, -0.1) is 0 Å². The molecule has 1 aromatic carbocycles. The number of nitrogens with one attached hydrogen (secondary N) is 1. The van der Waals surface area contributed by atoms with E-state index in [1.807, 2.05) is 0 Å². The summed E-state index contributed by atoms with van der Waals surface area (Å²) in [5, 5.41) is 2.82. The highest BCUT2D eigenvalue weighted by Crippen LogP contribution is 2.34.